The molecule has 3 fully saturated rings. The van der Waals surface area contributed by atoms with Crippen LogP contribution in [0.15, 0.2) is 23.3 Å². The van der Waals surface area contributed by atoms with Gasteiger partial charge in [0.25, 0.3) is 0 Å². The predicted molar refractivity (Wildman–Crippen MR) is 129 cm³/mol. The van der Waals surface area contributed by atoms with Crippen LogP contribution in [-0.2, 0) is 0 Å². The van der Waals surface area contributed by atoms with Gasteiger partial charge in [-0.1, -0.05) is 84.6 Å². The molecule has 0 heterocycles. The lowest BCUT2D eigenvalue weighted by Crippen LogP contribution is -2.36. The Kier molecular flexibility index (Phi) is 7.44. The van der Waals surface area contributed by atoms with Gasteiger partial charge in [-0.05, 0) is 98.2 Å². The molecule has 3 rings (SSSR count). The van der Waals surface area contributed by atoms with E-state index in [0.29, 0.717) is 10.8 Å². The van der Waals surface area contributed by atoms with E-state index in [4.69, 9.17) is 0 Å². The molecule has 0 aromatic rings. The quantitative estimate of drug-likeness (QED) is 0.432. The molecule has 0 spiro atoms. The van der Waals surface area contributed by atoms with Gasteiger partial charge in [0.2, 0.25) is 0 Å². The van der Waals surface area contributed by atoms with Gasteiger partial charge in [0.15, 0.2) is 0 Å². The molecule has 3 aliphatic rings. The van der Waals surface area contributed by atoms with Crippen molar-refractivity contribution in [3.63, 3.8) is 0 Å². The van der Waals surface area contributed by atoms with Crippen molar-refractivity contribution >= 4 is 0 Å². The summed E-state index contributed by atoms with van der Waals surface area (Å²) >= 11 is 0. The minimum Gasteiger partial charge on any atom is -0.0671 e. The fraction of sp³-hybridized carbons (Fsp3) is 0.862. The highest BCUT2D eigenvalue weighted by atomic mass is 14.5. The van der Waals surface area contributed by atoms with Gasteiger partial charge >= 0.3 is 0 Å². The first-order valence-corrected chi connectivity index (χ1v) is 13.0. The van der Waals surface area contributed by atoms with Crippen LogP contribution in [0.25, 0.3) is 0 Å². The van der Waals surface area contributed by atoms with Gasteiger partial charge < -0.3 is 0 Å². The largest absolute Gasteiger partial charge is 0.0671 e. The van der Waals surface area contributed by atoms with Crippen molar-refractivity contribution in [2.75, 3.05) is 0 Å². The van der Waals surface area contributed by atoms with E-state index in [1.54, 1.807) is 11.1 Å². The van der Waals surface area contributed by atoms with Crippen molar-refractivity contribution in [1.82, 2.24) is 0 Å². The molecule has 29 heavy (non-hydrogen) atoms. The van der Waals surface area contributed by atoms with Crippen LogP contribution in [-0.4, -0.2) is 0 Å². The third kappa shape index (κ3) is 5.40. The minimum absolute atomic E-state index is 0.490. The van der Waals surface area contributed by atoms with Crippen molar-refractivity contribution in [2.24, 2.45) is 40.4 Å². The van der Waals surface area contributed by atoms with Gasteiger partial charge in [0, 0.05) is 0 Å². The first-order valence-electron chi connectivity index (χ1n) is 13.0. The van der Waals surface area contributed by atoms with Gasteiger partial charge in [-0.25, -0.2) is 0 Å². The molecule has 6 unspecified atom stereocenters. The molecular formula is C29H50. The maximum Gasteiger partial charge on any atom is -0.0143 e. The number of rotatable bonds is 5. The maximum absolute atomic E-state index is 2.67. The Hall–Kier alpha value is -0.520. The molecule has 0 aromatic carbocycles. The zero-order chi connectivity index (χ0) is 21.2. The third-order valence-electron chi connectivity index (χ3n) is 9.39. The molecule has 0 amide bonds. The molecule has 0 aromatic heterocycles. The summed E-state index contributed by atoms with van der Waals surface area (Å²) in [5.74, 6) is 4.35. The average Bonchev–Trinajstić information content (AvgIpc) is 2.99. The van der Waals surface area contributed by atoms with Crippen molar-refractivity contribution in [2.45, 2.75) is 119 Å². The average molecular weight is 399 g/mol. The van der Waals surface area contributed by atoms with Crippen molar-refractivity contribution in [3.05, 3.63) is 23.3 Å². The van der Waals surface area contributed by atoms with Crippen LogP contribution in [0.3, 0.4) is 0 Å². The highest BCUT2D eigenvalue weighted by molar-refractivity contribution is 5.26. The third-order valence-corrected chi connectivity index (χ3v) is 9.39. The van der Waals surface area contributed by atoms with E-state index in [-0.39, 0.29) is 0 Å². The maximum atomic E-state index is 2.67. The Morgan fingerprint density at radius 1 is 1.00 bits per heavy atom. The molecule has 166 valence electrons. The first kappa shape index (κ1) is 23.1. The lowest BCUT2D eigenvalue weighted by atomic mass is 9.60. The smallest absolute Gasteiger partial charge is 0.0143 e. The van der Waals surface area contributed by atoms with E-state index < -0.39 is 0 Å². The van der Waals surface area contributed by atoms with Crippen molar-refractivity contribution < 1.29 is 0 Å². The Morgan fingerprint density at radius 3 is 2.41 bits per heavy atom. The highest BCUT2D eigenvalue weighted by Crippen LogP contribution is 2.60. The van der Waals surface area contributed by atoms with Crippen molar-refractivity contribution in [1.29, 1.82) is 0 Å². The van der Waals surface area contributed by atoms with E-state index in [1.165, 1.54) is 70.6 Å². The topological polar surface area (TPSA) is 0 Å². The van der Waals surface area contributed by atoms with E-state index in [0.717, 1.165) is 29.6 Å². The SMILES string of the molecule is CC1CCC/C(=C/C=C2\CCCC3(C)C2CCC3C(C)CCCC(C)(C)C)C1C. The summed E-state index contributed by atoms with van der Waals surface area (Å²) in [4.78, 5) is 0. The van der Waals surface area contributed by atoms with Crippen LogP contribution >= 0.6 is 0 Å². The Bertz CT molecular complexity index is 600. The second kappa shape index (κ2) is 9.32. The molecule has 0 heteroatoms. The van der Waals surface area contributed by atoms with E-state index >= 15 is 0 Å². The summed E-state index contributed by atoms with van der Waals surface area (Å²) in [5.41, 5.74) is 4.59. The molecular weight excluding hydrogens is 348 g/mol. The lowest BCUT2D eigenvalue weighted by Gasteiger charge is -2.44. The monoisotopic (exact) mass is 398 g/mol. The van der Waals surface area contributed by atoms with Gasteiger partial charge in [0.05, 0.1) is 0 Å². The standard InChI is InChI=1S/C29H50/c1-21-11-8-13-24(23(21)3)15-16-25-14-10-20-29(7)26(17-18-27(25)29)22(2)12-9-19-28(4,5)6/h15-16,21-23,26-27H,8-14,17-20H2,1-7H3/b24-15-,25-16+. The van der Waals surface area contributed by atoms with E-state index in [2.05, 4.69) is 60.6 Å². The second-order valence-corrected chi connectivity index (χ2v) is 12.7. The van der Waals surface area contributed by atoms with Gasteiger partial charge in [-0.2, -0.15) is 0 Å². The molecule has 6 atom stereocenters. The summed E-state index contributed by atoms with van der Waals surface area (Å²) in [6.07, 6.45) is 20.7. The second-order valence-electron chi connectivity index (χ2n) is 12.7. The van der Waals surface area contributed by atoms with E-state index in [1.807, 2.05) is 0 Å². The molecule has 0 bridgehead atoms. The highest BCUT2D eigenvalue weighted by Gasteiger charge is 2.50. The van der Waals surface area contributed by atoms with Gasteiger partial charge in [0.1, 0.15) is 0 Å². The number of hydrogen-bond donors (Lipinski definition) is 0. The molecule has 0 N–H and O–H groups in total. The molecule has 0 nitrogen and oxygen atoms in total. The summed E-state index contributed by atoms with van der Waals surface area (Å²) in [5, 5.41) is 0. The molecule has 0 saturated heterocycles. The van der Waals surface area contributed by atoms with E-state index in [9.17, 15) is 0 Å². The molecule has 0 aliphatic heterocycles. The van der Waals surface area contributed by atoms with Crippen LogP contribution in [0.1, 0.15) is 119 Å². The summed E-state index contributed by atoms with van der Waals surface area (Å²) in [6.45, 7) is 17.3. The van der Waals surface area contributed by atoms with Crippen LogP contribution in [0.2, 0.25) is 0 Å². The zero-order valence-corrected chi connectivity index (χ0v) is 20.8. The summed E-state index contributed by atoms with van der Waals surface area (Å²) in [6, 6.07) is 0. The minimum atomic E-state index is 0.490. The van der Waals surface area contributed by atoms with Crippen molar-refractivity contribution in [3.8, 4) is 0 Å². The summed E-state index contributed by atoms with van der Waals surface area (Å²) < 4.78 is 0. The fourth-order valence-electron chi connectivity index (χ4n) is 7.29. The Morgan fingerprint density at radius 2 is 1.69 bits per heavy atom. The molecule has 0 radical (unpaired) electrons. The predicted octanol–water partition coefficient (Wildman–Crippen LogP) is 9.36. The molecule has 3 saturated carbocycles. The number of hydrogen-bond acceptors (Lipinski definition) is 0. The zero-order valence-electron chi connectivity index (χ0n) is 20.8. The van der Waals surface area contributed by atoms with Gasteiger partial charge in [-0.15, -0.1) is 0 Å². The summed E-state index contributed by atoms with van der Waals surface area (Å²) in [7, 11) is 0. The van der Waals surface area contributed by atoms with Crippen LogP contribution in [0.5, 0.6) is 0 Å². The lowest BCUT2D eigenvalue weighted by molar-refractivity contribution is 0.0920. The fourth-order valence-corrected chi connectivity index (χ4v) is 7.29. The Labute approximate surface area is 183 Å². The Balaban J connectivity index is 1.68. The molecule has 3 aliphatic carbocycles. The van der Waals surface area contributed by atoms with Crippen LogP contribution in [0.4, 0.5) is 0 Å². The van der Waals surface area contributed by atoms with Gasteiger partial charge in [-0.3, -0.25) is 0 Å². The normalized spacial score (nSPS) is 39.7. The number of fused-ring (bicyclic) bond motifs is 1. The van der Waals surface area contributed by atoms with Crippen LogP contribution in [0, 0.1) is 40.4 Å². The van der Waals surface area contributed by atoms with Crippen LogP contribution < -0.4 is 0 Å². The first-order chi connectivity index (χ1) is 13.6. The number of allylic oxidation sites excluding steroid dienone is 4.